The highest BCUT2D eigenvalue weighted by molar-refractivity contribution is 5.77. The Labute approximate surface area is 134 Å². The molecule has 0 radical (unpaired) electrons. The lowest BCUT2D eigenvalue weighted by atomic mass is 10.2. The number of aromatic nitrogens is 1. The number of halogens is 1. The van der Waals surface area contributed by atoms with Gasteiger partial charge in [0.2, 0.25) is 11.8 Å². The lowest BCUT2D eigenvalue weighted by molar-refractivity contribution is -0.121. The molecule has 0 bridgehead atoms. The Hall–Kier alpha value is -2.41. The maximum atomic E-state index is 14.1. The van der Waals surface area contributed by atoms with E-state index in [1.165, 1.54) is 13.2 Å². The Kier molecular flexibility index (Phi) is 5.33. The molecule has 0 spiro atoms. The molecule has 7 heteroatoms. The average molecular weight is 321 g/mol. The van der Waals surface area contributed by atoms with E-state index in [4.69, 9.17) is 9.15 Å². The number of hydrogen-bond donors (Lipinski definition) is 1. The van der Waals surface area contributed by atoms with Crippen LogP contribution in [0.3, 0.4) is 0 Å². The minimum atomic E-state index is -0.462. The number of oxazole rings is 1. The van der Waals surface area contributed by atoms with Crippen LogP contribution in [0, 0.1) is 12.7 Å². The first-order valence-corrected chi connectivity index (χ1v) is 7.14. The van der Waals surface area contributed by atoms with Crippen LogP contribution in [-0.2, 0) is 11.3 Å². The highest BCUT2D eigenvalue weighted by atomic mass is 19.1. The van der Waals surface area contributed by atoms with Crippen molar-refractivity contribution in [1.82, 2.24) is 15.2 Å². The third-order valence-electron chi connectivity index (χ3n) is 3.41. The molecule has 0 aliphatic rings. The van der Waals surface area contributed by atoms with Crippen LogP contribution in [0.1, 0.15) is 11.5 Å². The van der Waals surface area contributed by atoms with Gasteiger partial charge in [-0.25, -0.2) is 9.37 Å². The summed E-state index contributed by atoms with van der Waals surface area (Å²) in [4.78, 5) is 17.5. The molecule has 0 saturated carbocycles. The van der Waals surface area contributed by atoms with E-state index in [0.29, 0.717) is 23.7 Å². The molecule has 1 aromatic carbocycles. The first-order valence-electron chi connectivity index (χ1n) is 7.14. The summed E-state index contributed by atoms with van der Waals surface area (Å²) in [6, 6.07) is 4.50. The van der Waals surface area contributed by atoms with Gasteiger partial charge in [0.05, 0.1) is 24.9 Å². The largest absolute Gasteiger partial charge is 0.497 e. The molecule has 0 aliphatic carbocycles. The maximum Gasteiger partial charge on any atom is 0.233 e. The summed E-state index contributed by atoms with van der Waals surface area (Å²) in [7, 11) is 4.86. The molecule has 1 aromatic heterocycles. The normalized spacial score (nSPS) is 10.9. The molecule has 1 amide bonds. The van der Waals surface area contributed by atoms with Gasteiger partial charge in [0, 0.05) is 19.7 Å². The zero-order valence-electron chi connectivity index (χ0n) is 13.6. The molecule has 2 aromatic rings. The van der Waals surface area contributed by atoms with Gasteiger partial charge in [0.15, 0.2) is 0 Å². The third kappa shape index (κ3) is 4.07. The van der Waals surface area contributed by atoms with E-state index >= 15 is 0 Å². The quantitative estimate of drug-likeness (QED) is 0.881. The molecule has 23 heavy (non-hydrogen) atoms. The van der Waals surface area contributed by atoms with Crippen LogP contribution >= 0.6 is 0 Å². The second-order valence-corrected chi connectivity index (χ2v) is 5.21. The summed E-state index contributed by atoms with van der Waals surface area (Å²) in [5.74, 6) is 0.691. The predicted molar refractivity (Wildman–Crippen MR) is 83.6 cm³/mol. The highest BCUT2D eigenvalue weighted by Gasteiger charge is 2.17. The van der Waals surface area contributed by atoms with Gasteiger partial charge in [-0.05, 0) is 26.1 Å². The van der Waals surface area contributed by atoms with Crippen LogP contribution in [0.2, 0.25) is 0 Å². The first kappa shape index (κ1) is 17.0. The minimum Gasteiger partial charge on any atom is -0.497 e. The number of aryl methyl sites for hydroxylation is 1. The Balaban J connectivity index is 2.19. The third-order valence-corrected chi connectivity index (χ3v) is 3.41. The van der Waals surface area contributed by atoms with E-state index in [1.807, 2.05) is 0 Å². The molecule has 0 atom stereocenters. The summed E-state index contributed by atoms with van der Waals surface area (Å²) in [6.07, 6.45) is 0. The van der Waals surface area contributed by atoms with Crippen molar-refractivity contribution in [2.24, 2.45) is 0 Å². The molecule has 1 heterocycles. The molecule has 0 saturated heterocycles. The molecule has 0 aliphatic heterocycles. The van der Waals surface area contributed by atoms with Crippen molar-refractivity contribution >= 4 is 5.91 Å². The number of carbonyl (C=O) groups is 1. The summed E-state index contributed by atoms with van der Waals surface area (Å²) in [5.41, 5.74) is 0.940. The van der Waals surface area contributed by atoms with Crippen LogP contribution in [0.15, 0.2) is 22.6 Å². The van der Waals surface area contributed by atoms with Crippen LogP contribution in [0.4, 0.5) is 4.39 Å². The van der Waals surface area contributed by atoms with Gasteiger partial charge in [-0.2, -0.15) is 0 Å². The van der Waals surface area contributed by atoms with Gasteiger partial charge in [-0.1, -0.05) is 0 Å². The second-order valence-electron chi connectivity index (χ2n) is 5.21. The molecular weight excluding hydrogens is 301 g/mol. The molecule has 2 rings (SSSR count). The highest BCUT2D eigenvalue weighted by Crippen LogP contribution is 2.27. The average Bonchev–Trinajstić information content (AvgIpc) is 2.87. The summed E-state index contributed by atoms with van der Waals surface area (Å²) >= 11 is 0. The number of hydrogen-bond acceptors (Lipinski definition) is 5. The van der Waals surface area contributed by atoms with E-state index in [9.17, 15) is 9.18 Å². The molecule has 0 unspecified atom stereocenters. The van der Waals surface area contributed by atoms with Crippen molar-refractivity contribution in [3.05, 3.63) is 35.5 Å². The number of methoxy groups -OCH3 is 1. The summed E-state index contributed by atoms with van der Waals surface area (Å²) < 4.78 is 24.6. The fraction of sp³-hybridized carbons (Fsp3) is 0.375. The van der Waals surface area contributed by atoms with E-state index in [0.717, 1.165) is 0 Å². The first-order chi connectivity index (χ1) is 10.9. The van der Waals surface area contributed by atoms with Gasteiger partial charge >= 0.3 is 0 Å². The fourth-order valence-electron chi connectivity index (χ4n) is 2.12. The minimum absolute atomic E-state index is 0.0879. The number of nitrogens with zero attached hydrogens (tertiary/aromatic N) is 2. The maximum absolute atomic E-state index is 14.1. The van der Waals surface area contributed by atoms with Crippen LogP contribution < -0.4 is 10.1 Å². The lowest BCUT2D eigenvalue weighted by Crippen LogP contribution is -2.32. The van der Waals surface area contributed by atoms with Crippen molar-refractivity contribution in [3.63, 3.8) is 0 Å². The Morgan fingerprint density at radius 3 is 2.83 bits per heavy atom. The zero-order chi connectivity index (χ0) is 17.0. The summed E-state index contributed by atoms with van der Waals surface area (Å²) in [5, 5.41) is 2.56. The van der Waals surface area contributed by atoms with Crippen molar-refractivity contribution < 1.29 is 18.3 Å². The zero-order valence-corrected chi connectivity index (χ0v) is 13.6. The Morgan fingerprint density at radius 1 is 1.48 bits per heavy atom. The number of rotatable bonds is 6. The number of nitrogens with one attached hydrogen (secondary N) is 1. The topological polar surface area (TPSA) is 67.6 Å². The number of ether oxygens (including phenoxy) is 1. The molecule has 0 fully saturated rings. The van der Waals surface area contributed by atoms with E-state index in [-0.39, 0.29) is 23.9 Å². The monoisotopic (exact) mass is 321 g/mol. The second kappa shape index (κ2) is 7.23. The standard InChI is InChI=1S/C16H20FN3O3/c1-10-14(8-20(3)9-15(21)18-2)19-16(23-10)12-6-5-11(22-4)7-13(12)17/h5-7H,8-9H2,1-4H3,(H,18,21). The SMILES string of the molecule is CNC(=O)CN(C)Cc1nc(-c2ccc(OC)cc2F)oc1C. The van der Waals surface area contributed by atoms with Crippen LogP contribution in [0.25, 0.3) is 11.5 Å². The summed E-state index contributed by atoms with van der Waals surface area (Å²) in [6.45, 7) is 2.44. The van der Waals surface area contributed by atoms with Crippen molar-refractivity contribution in [1.29, 1.82) is 0 Å². The predicted octanol–water partition coefficient (Wildman–Crippen LogP) is 1.98. The van der Waals surface area contributed by atoms with Crippen molar-refractivity contribution in [2.75, 3.05) is 27.7 Å². The van der Waals surface area contributed by atoms with Crippen LogP contribution in [-0.4, -0.2) is 43.5 Å². The number of likely N-dealkylation sites (N-methyl/N-ethyl adjacent to an activating group) is 2. The smallest absolute Gasteiger partial charge is 0.233 e. The van der Waals surface area contributed by atoms with Gasteiger partial charge < -0.3 is 14.5 Å². The lowest BCUT2D eigenvalue weighted by Gasteiger charge is -2.13. The number of benzene rings is 1. The number of carbonyl (C=O) groups excluding carboxylic acids is 1. The Morgan fingerprint density at radius 2 is 2.22 bits per heavy atom. The van der Waals surface area contributed by atoms with E-state index < -0.39 is 5.82 Å². The number of amides is 1. The van der Waals surface area contributed by atoms with E-state index in [1.54, 1.807) is 38.1 Å². The van der Waals surface area contributed by atoms with Gasteiger partial charge in [-0.15, -0.1) is 0 Å². The molecule has 6 nitrogen and oxygen atoms in total. The van der Waals surface area contributed by atoms with Crippen molar-refractivity contribution in [2.45, 2.75) is 13.5 Å². The van der Waals surface area contributed by atoms with Gasteiger partial charge in [0.25, 0.3) is 0 Å². The van der Waals surface area contributed by atoms with E-state index in [2.05, 4.69) is 10.3 Å². The van der Waals surface area contributed by atoms with Gasteiger partial charge in [-0.3, -0.25) is 9.69 Å². The molecule has 1 N–H and O–H groups in total. The molecular formula is C16H20FN3O3. The van der Waals surface area contributed by atoms with Crippen LogP contribution in [0.5, 0.6) is 5.75 Å². The molecule has 124 valence electrons. The van der Waals surface area contributed by atoms with Gasteiger partial charge in [0.1, 0.15) is 17.3 Å². The fourth-order valence-corrected chi connectivity index (χ4v) is 2.12. The van der Waals surface area contributed by atoms with Crippen molar-refractivity contribution in [3.8, 4) is 17.2 Å². The Bertz CT molecular complexity index is 700.